The van der Waals surface area contributed by atoms with Gasteiger partial charge in [-0.25, -0.2) is 0 Å². The molecular formula is C19H27N3O4S. The number of thiocarbonyl (C=S) groups is 1. The van der Waals surface area contributed by atoms with E-state index in [1.165, 1.54) is 20.0 Å². The monoisotopic (exact) mass is 393 g/mol. The van der Waals surface area contributed by atoms with Crippen LogP contribution in [-0.2, 0) is 4.79 Å². The van der Waals surface area contributed by atoms with Gasteiger partial charge in [0, 0.05) is 11.6 Å². The van der Waals surface area contributed by atoms with Gasteiger partial charge < -0.3 is 14.8 Å². The number of hydrogen-bond acceptors (Lipinski definition) is 5. The lowest BCUT2D eigenvalue weighted by molar-refractivity contribution is -0.123. The van der Waals surface area contributed by atoms with Crippen LogP contribution in [0.1, 0.15) is 43.5 Å². The van der Waals surface area contributed by atoms with Crippen molar-refractivity contribution < 1.29 is 19.1 Å². The lowest BCUT2D eigenvalue weighted by Gasteiger charge is -2.35. The number of nitrogens with one attached hydrogen (secondary N) is 3. The molecule has 1 amide bonds. The van der Waals surface area contributed by atoms with Gasteiger partial charge in [-0.2, -0.15) is 0 Å². The van der Waals surface area contributed by atoms with Crippen LogP contribution < -0.4 is 25.6 Å². The van der Waals surface area contributed by atoms with Crippen LogP contribution in [0.2, 0.25) is 0 Å². The van der Waals surface area contributed by atoms with E-state index in [4.69, 9.17) is 21.7 Å². The number of benzene rings is 1. The van der Waals surface area contributed by atoms with Crippen molar-refractivity contribution >= 4 is 29.5 Å². The Morgan fingerprint density at radius 1 is 1.26 bits per heavy atom. The Balaban J connectivity index is 1.76. The molecule has 2 rings (SSSR count). The summed E-state index contributed by atoms with van der Waals surface area (Å²) in [7, 11) is 1.47. The molecule has 0 unspecified atom stereocenters. The van der Waals surface area contributed by atoms with E-state index in [-0.39, 0.29) is 12.5 Å². The maximum atomic E-state index is 12.0. The Morgan fingerprint density at radius 3 is 2.74 bits per heavy atom. The Labute approximate surface area is 165 Å². The molecule has 1 aromatic carbocycles. The van der Waals surface area contributed by atoms with Crippen LogP contribution in [0, 0.1) is 11.8 Å². The molecular weight excluding hydrogens is 366 g/mol. The van der Waals surface area contributed by atoms with Gasteiger partial charge in [0.25, 0.3) is 5.91 Å². The van der Waals surface area contributed by atoms with Crippen LogP contribution in [0.15, 0.2) is 18.2 Å². The third-order valence-electron chi connectivity index (χ3n) is 5.02. The molecule has 0 spiro atoms. The number of hydrazine groups is 1. The van der Waals surface area contributed by atoms with Gasteiger partial charge in [-0.1, -0.05) is 26.7 Å². The molecule has 0 saturated heterocycles. The third kappa shape index (κ3) is 6.09. The second-order valence-electron chi connectivity index (χ2n) is 6.84. The molecule has 27 heavy (non-hydrogen) atoms. The molecule has 1 aliphatic rings. The second kappa shape index (κ2) is 10.1. The minimum atomic E-state index is -0.384. The fourth-order valence-corrected chi connectivity index (χ4v) is 3.38. The highest BCUT2D eigenvalue weighted by molar-refractivity contribution is 7.80. The Bertz CT molecular complexity index is 683. The number of hydrogen-bond donors (Lipinski definition) is 3. The molecule has 0 heterocycles. The summed E-state index contributed by atoms with van der Waals surface area (Å²) < 4.78 is 10.6. The topological polar surface area (TPSA) is 88.7 Å². The first-order valence-corrected chi connectivity index (χ1v) is 9.46. The number of amides is 1. The van der Waals surface area contributed by atoms with Crippen LogP contribution in [0.5, 0.6) is 11.5 Å². The van der Waals surface area contributed by atoms with Gasteiger partial charge in [0.1, 0.15) is 6.29 Å². The van der Waals surface area contributed by atoms with Crippen molar-refractivity contribution in [3.8, 4) is 11.5 Å². The molecule has 1 fully saturated rings. The second-order valence-corrected chi connectivity index (χ2v) is 7.25. The summed E-state index contributed by atoms with van der Waals surface area (Å²) in [6.45, 7) is 4.26. The average molecular weight is 394 g/mol. The first-order chi connectivity index (χ1) is 12.9. The Hall–Kier alpha value is -2.35. The fourth-order valence-electron chi connectivity index (χ4n) is 3.17. The Kier molecular flexibility index (Phi) is 7.84. The van der Waals surface area contributed by atoms with Gasteiger partial charge in [0.05, 0.1) is 7.11 Å². The standard InChI is InChI=1S/C19H27N3O4S/c1-12-5-4-6-15(13(12)2)20-19(27)22-21-18(24)11-26-16-8-7-14(10-23)9-17(16)25-3/h7-10,12-13,15H,4-6,11H2,1-3H3,(H,21,24)(H2,20,22,27)/t12-,13-,15+/m1/s1. The van der Waals surface area contributed by atoms with E-state index in [9.17, 15) is 9.59 Å². The summed E-state index contributed by atoms with van der Waals surface area (Å²) in [4.78, 5) is 22.8. The van der Waals surface area contributed by atoms with E-state index < -0.39 is 0 Å². The van der Waals surface area contributed by atoms with Crippen molar-refractivity contribution in [2.24, 2.45) is 11.8 Å². The lowest BCUT2D eigenvalue weighted by atomic mass is 9.78. The highest BCUT2D eigenvalue weighted by atomic mass is 32.1. The van der Waals surface area contributed by atoms with Crippen molar-refractivity contribution in [3.05, 3.63) is 23.8 Å². The molecule has 7 nitrogen and oxygen atoms in total. The first-order valence-electron chi connectivity index (χ1n) is 9.06. The highest BCUT2D eigenvalue weighted by Crippen LogP contribution is 2.29. The maximum absolute atomic E-state index is 12.0. The van der Waals surface area contributed by atoms with E-state index in [1.54, 1.807) is 18.2 Å². The predicted octanol–water partition coefficient (Wildman–Crippen LogP) is 2.21. The number of ether oxygens (including phenoxy) is 2. The van der Waals surface area contributed by atoms with E-state index in [1.807, 2.05) is 0 Å². The fraction of sp³-hybridized carbons (Fsp3) is 0.526. The molecule has 148 valence electrons. The molecule has 0 radical (unpaired) electrons. The molecule has 1 saturated carbocycles. The number of carbonyl (C=O) groups is 2. The molecule has 0 bridgehead atoms. The minimum Gasteiger partial charge on any atom is -0.493 e. The van der Waals surface area contributed by atoms with Crippen molar-refractivity contribution in [1.29, 1.82) is 0 Å². The van der Waals surface area contributed by atoms with Crippen molar-refractivity contribution in [2.45, 2.75) is 39.2 Å². The van der Waals surface area contributed by atoms with E-state index in [2.05, 4.69) is 30.0 Å². The smallest absolute Gasteiger partial charge is 0.276 e. The predicted molar refractivity (Wildman–Crippen MR) is 107 cm³/mol. The molecule has 1 aromatic rings. The zero-order valence-electron chi connectivity index (χ0n) is 15.9. The summed E-state index contributed by atoms with van der Waals surface area (Å²) >= 11 is 5.26. The summed E-state index contributed by atoms with van der Waals surface area (Å²) in [5.74, 6) is 1.56. The van der Waals surface area contributed by atoms with Crippen LogP contribution in [-0.4, -0.2) is 37.1 Å². The lowest BCUT2D eigenvalue weighted by Crippen LogP contribution is -2.53. The van der Waals surface area contributed by atoms with Crippen molar-refractivity contribution in [3.63, 3.8) is 0 Å². The van der Waals surface area contributed by atoms with Crippen molar-refractivity contribution in [1.82, 2.24) is 16.2 Å². The van der Waals surface area contributed by atoms with Gasteiger partial charge in [-0.15, -0.1) is 0 Å². The molecule has 3 N–H and O–H groups in total. The molecule has 8 heteroatoms. The quantitative estimate of drug-likeness (QED) is 0.388. The first kappa shape index (κ1) is 21.0. The zero-order valence-corrected chi connectivity index (χ0v) is 16.7. The van der Waals surface area contributed by atoms with E-state index in [0.29, 0.717) is 46.3 Å². The Morgan fingerprint density at radius 2 is 2.04 bits per heavy atom. The van der Waals surface area contributed by atoms with Crippen LogP contribution in [0.3, 0.4) is 0 Å². The SMILES string of the molecule is COc1cc(C=O)ccc1OCC(=O)NNC(=S)N[C@H]1CCC[C@@H](C)[C@H]1C. The molecule has 0 aliphatic heterocycles. The van der Waals surface area contributed by atoms with Gasteiger partial charge in [0.15, 0.2) is 23.2 Å². The van der Waals surface area contributed by atoms with E-state index in [0.717, 1.165) is 6.42 Å². The number of aldehydes is 1. The maximum Gasteiger partial charge on any atom is 0.276 e. The van der Waals surface area contributed by atoms with Gasteiger partial charge in [0.2, 0.25) is 0 Å². The van der Waals surface area contributed by atoms with Gasteiger partial charge >= 0.3 is 0 Å². The van der Waals surface area contributed by atoms with Crippen LogP contribution in [0.4, 0.5) is 0 Å². The van der Waals surface area contributed by atoms with Gasteiger partial charge in [-0.05, 0) is 48.7 Å². The number of rotatable bonds is 6. The minimum absolute atomic E-state index is 0.219. The average Bonchev–Trinajstić information content (AvgIpc) is 2.68. The normalized spacial score (nSPS) is 21.7. The highest BCUT2D eigenvalue weighted by Gasteiger charge is 2.27. The summed E-state index contributed by atoms with van der Waals surface area (Å²) in [6, 6.07) is 5.03. The zero-order chi connectivity index (χ0) is 19.8. The van der Waals surface area contributed by atoms with Crippen LogP contribution in [0.25, 0.3) is 0 Å². The molecule has 1 aliphatic carbocycles. The summed E-state index contributed by atoms with van der Waals surface area (Å²) in [5, 5.41) is 3.66. The largest absolute Gasteiger partial charge is 0.493 e. The van der Waals surface area contributed by atoms with Crippen molar-refractivity contribution in [2.75, 3.05) is 13.7 Å². The third-order valence-corrected chi connectivity index (χ3v) is 5.24. The van der Waals surface area contributed by atoms with Crippen LogP contribution >= 0.6 is 12.2 Å². The summed E-state index contributed by atoms with van der Waals surface area (Å²) in [6.07, 6.45) is 4.20. The van der Waals surface area contributed by atoms with Gasteiger partial charge in [-0.3, -0.25) is 20.4 Å². The molecule has 3 atom stereocenters. The number of methoxy groups -OCH3 is 1. The summed E-state index contributed by atoms with van der Waals surface area (Å²) in [5.41, 5.74) is 5.69. The molecule has 0 aromatic heterocycles. The number of carbonyl (C=O) groups excluding carboxylic acids is 2. The van der Waals surface area contributed by atoms with E-state index >= 15 is 0 Å².